The van der Waals surface area contributed by atoms with Crippen LogP contribution in [0.4, 0.5) is 0 Å². The molecule has 0 fully saturated rings. The molecule has 0 N–H and O–H groups in total. The van der Waals surface area contributed by atoms with Crippen molar-refractivity contribution < 1.29 is 14.3 Å². The highest BCUT2D eigenvalue weighted by molar-refractivity contribution is 5.89. The number of hydrogen-bond donors (Lipinski definition) is 0. The van der Waals surface area contributed by atoms with E-state index in [0.717, 1.165) is 5.56 Å². The van der Waals surface area contributed by atoms with Crippen LogP contribution in [0.1, 0.15) is 15.9 Å². The van der Waals surface area contributed by atoms with Crippen LogP contribution in [0.2, 0.25) is 0 Å². The minimum absolute atomic E-state index is 0. The second-order valence-corrected chi connectivity index (χ2v) is 3.67. The number of carbonyl (C=O) groups excluding carboxylic acids is 1. The van der Waals surface area contributed by atoms with E-state index in [0.29, 0.717) is 11.3 Å². The molecule has 0 atom stereocenters. The molecule has 1 aromatic heterocycles. The molecule has 0 saturated carbocycles. The number of halogens is 1. The monoisotopic (exact) mass is 279 g/mol. The summed E-state index contributed by atoms with van der Waals surface area (Å²) in [7, 11) is 1.56. The Labute approximate surface area is 117 Å². The van der Waals surface area contributed by atoms with Gasteiger partial charge in [-0.25, -0.2) is 4.79 Å². The molecule has 0 bridgehead atoms. The van der Waals surface area contributed by atoms with Crippen LogP contribution in [0.25, 0.3) is 0 Å². The first-order chi connectivity index (χ1) is 8.79. The minimum Gasteiger partial charge on any atom is -0.497 e. The average molecular weight is 280 g/mol. The molecule has 100 valence electrons. The summed E-state index contributed by atoms with van der Waals surface area (Å²) in [6.07, 6.45) is 3.34. The fraction of sp³-hybridized carbons (Fsp3) is 0.143. The summed E-state index contributed by atoms with van der Waals surface area (Å²) < 4.78 is 10.2. The van der Waals surface area contributed by atoms with Crippen molar-refractivity contribution in [2.75, 3.05) is 7.11 Å². The molecule has 0 amide bonds. The van der Waals surface area contributed by atoms with E-state index in [9.17, 15) is 4.79 Å². The molecular formula is C14H14ClNO3. The van der Waals surface area contributed by atoms with Crippen LogP contribution < -0.4 is 4.74 Å². The number of rotatable bonds is 4. The van der Waals surface area contributed by atoms with Crippen LogP contribution in [-0.4, -0.2) is 18.1 Å². The van der Waals surface area contributed by atoms with Gasteiger partial charge in [0.2, 0.25) is 0 Å². The summed E-state index contributed by atoms with van der Waals surface area (Å²) >= 11 is 0. The Hall–Kier alpha value is -2.07. The molecule has 0 aliphatic rings. The molecule has 4 nitrogen and oxygen atoms in total. The molecule has 19 heavy (non-hydrogen) atoms. The highest BCUT2D eigenvalue weighted by Crippen LogP contribution is 2.14. The van der Waals surface area contributed by atoms with Crippen molar-refractivity contribution in [2.24, 2.45) is 0 Å². The molecule has 2 rings (SSSR count). The van der Waals surface area contributed by atoms with Gasteiger partial charge in [0.05, 0.1) is 12.7 Å². The number of esters is 1. The van der Waals surface area contributed by atoms with Gasteiger partial charge in [-0.3, -0.25) is 4.98 Å². The van der Waals surface area contributed by atoms with E-state index in [1.807, 2.05) is 6.07 Å². The summed E-state index contributed by atoms with van der Waals surface area (Å²) in [4.78, 5) is 15.7. The van der Waals surface area contributed by atoms with Gasteiger partial charge in [-0.1, -0.05) is 12.1 Å². The Bertz CT molecular complexity index is 531. The molecule has 5 heteroatoms. The number of methoxy groups -OCH3 is 1. The number of nitrogens with zero attached hydrogens (tertiary/aromatic N) is 1. The van der Waals surface area contributed by atoms with Gasteiger partial charge >= 0.3 is 5.97 Å². The van der Waals surface area contributed by atoms with Crippen LogP contribution in [0.15, 0.2) is 48.8 Å². The zero-order chi connectivity index (χ0) is 12.8. The van der Waals surface area contributed by atoms with Crippen molar-refractivity contribution in [3.63, 3.8) is 0 Å². The second-order valence-electron chi connectivity index (χ2n) is 3.67. The third kappa shape index (κ3) is 4.26. The SMILES string of the molecule is COc1cccc(C(=O)OCc2cccnc2)c1.Cl. The third-order valence-electron chi connectivity index (χ3n) is 2.40. The van der Waals surface area contributed by atoms with E-state index in [2.05, 4.69) is 4.98 Å². The van der Waals surface area contributed by atoms with E-state index in [1.54, 1.807) is 49.8 Å². The van der Waals surface area contributed by atoms with E-state index in [4.69, 9.17) is 9.47 Å². The number of carbonyl (C=O) groups is 1. The van der Waals surface area contributed by atoms with Gasteiger partial charge in [0.15, 0.2) is 0 Å². The summed E-state index contributed by atoms with van der Waals surface area (Å²) in [5, 5.41) is 0. The Morgan fingerprint density at radius 1 is 1.26 bits per heavy atom. The van der Waals surface area contributed by atoms with Gasteiger partial charge in [-0.05, 0) is 24.3 Å². The molecule has 0 radical (unpaired) electrons. The molecule has 2 aromatic rings. The van der Waals surface area contributed by atoms with Gasteiger partial charge in [0.25, 0.3) is 0 Å². The van der Waals surface area contributed by atoms with Crippen molar-refractivity contribution in [1.29, 1.82) is 0 Å². The lowest BCUT2D eigenvalue weighted by Gasteiger charge is -2.05. The number of benzene rings is 1. The predicted molar refractivity (Wildman–Crippen MR) is 73.6 cm³/mol. The van der Waals surface area contributed by atoms with E-state index in [1.165, 1.54) is 0 Å². The molecule has 1 heterocycles. The molecule has 0 saturated heterocycles. The van der Waals surface area contributed by atoms with Gasteiger partial charge in [-0.2, -0.15) is 0 Å². The number of ether oxygens (including phenoxy) is 2. The predicted octanol–water partition coefficient (Wildman–Crippen LogP) is 2.87. The summed E-state index contributed by atoms with van der Waals surface area (Å²) in [6.45, 7) is 0.212. The van der Waals surface area contributed by atoms with Gasteiger partial charge in [-0.15, -0.1) is 12.4 Å². The maximum atomic E-state index is 11.8. The lowest BCUT2D eigenvalue weighted by atomic mass is 10.2. The summed E-state index contributed by atoms with van der Waals surface area (Å²) in [6, 6.07) is 10.5. The van der Waals surface area contributed by atoms with E-state index in [-0.39, 0.29) is 25.0 Å². The molecular weight excluding hydrogens is 266 g/mol. The van der Waals surface area contributed by atoms with Crippen LogP contribution in [0.5, 0.6) is 5.75 Å². The summed E-state index contributed by atoms with van der Waals surface area (Å²) in [5.74, 6) is 0.253. The van der Waals surface area contributed by atoms with Crippen LogP contribution >= 0.6 is 12.4 Å². The van der Waals surface area contributed by atoms with Gasteiger partial charge in [0, 0.05) is 18.0 Å². The number of aromatic nitrogens is 1. The molecule has 1 aromatic carbocycles. The maximum Gasteiger partial charge on any atom is 0.338 e. The van der Waals surface area contributed by atoms with Gasteiger partial charge in [0.1, 0.15) is 12.4 Å². The first-order valence-electron chi connectivity index (χ1n) is 5.49. The summed E-state index contributed by atoms with van der Waals surface area (Å²) in [5.41, 5.74) is 1.33. The van der Waals surface area contributed by atoms with E-state index < -0.39 is 0 Å². The molecule has 0 unspecified atom stereocenters. The average Bonchev–Trinajstić information content (AvgIpc) is 2.46. The van der Waals surface area contributed by atoms with Crippen LogP contribution in [-0.2, 0) is 11.3 Å². The highest BCUT2D eigenvalue weighted by Gasteiger charge is 2.08. The zero-order valence-corrected chi connectivity index (χ0v) is 11.2. The third-order valence-corrected chi connectivity index (χ3v) is 2.40. The fourth-order valence-corrected chi connectivity index (χ4v) is 1.47. The second kappa shape index (κ2) is 7.38. The maximum absolute atomic E-state index is 11.8. The lowest BCUT2D eigenvalue weighted by Crippen LogP contribution is -2.05. The highest BCUT2D eigenvalue weighted by atomic mass is 35.5. The van der Waals surface area contributed by atoms with Crippen molar-refractivity contribution in [3.05, 3.63) is 59.9 Å². The van der Waals surface area contributed by atoms with E-state index >= 15 is 0 Å². The first-order valence-corrected chi connectivity index (χ1v) is 5.49. The Morgan fingerprint density at radius 2 is 2.11 bits per heavy atom. The van der Waals surface area contributed by atoms with Crippen molar-refractivity contribution in [2.45, 2.75) is 6.61 Å². The molecule has 0 aliphatic heterocycles. The van der Waals surface area contributed by atoms with Crippen molar-refractivity contribution in [1.82, 2.24) is 4.98 Å². The molecule has 0 aliphatic carbocycles. The largest absolute Gasteiger partial charge is 0.497 e. The Kier molecular flexibility index (Phi) is 5.82. The van der Waals surface area contributed by atoms with Gasteiger partial charge < -0.3 is 9.47 Å². The van der Waals surface area contributed by atoms with Crippen LogP contribution in [0, 0.1) is 0 Å². The smallest absolute Gasteiger partial charge is 0.338 e. The van der Waals surface area contributed by atoms with Crippen molar-refractivity contribution >= 4 is 18.4 Å². The lowest BCUT2D eigenvalue weighted by molar-refractivity contribution is 0.0472. The van der Waals surface area contributed by atoms with Crippen LogP contribution in [0.3, 0.4) is 0 Å². The quantitative estimate of drug-likeness (QED) is 0.808. The molecule has 0 spiro atoms. The topological polar surface area (TPSA) is 48.4 Å². The Balaban J connectivity index is 0.00000180. The Morgan fingerprint density at radius 3 is 2.79 bits per heavy atom. The van der Waals surface area contributed by atoms with Crippen molar-refractivity contribution in [3.8, 4) is 5.75 Å². The number of pyridine rings is 1. The first kappa shape index (κ1) is 15.0. The number of hydrogen-bond acceptors (Lipinski definition) is 4. The fourth-order valence-electron chi connectivity index (χ4n) is 1.47. The zero-order valence-electron chi connectivity index (χ0n) is 10.4. The normalized spacial score (nSPS) is 9.32. The standard InChI is InChI=1S/C14H13NO3.ClH/c1-17-13-6-2-5-12(8-13)14(16)18-10-11-4-3-7-15-9-11;/h2-9H,10H2,1H3;1H. The minimum atomic E-state index is -0.377.